The summed E-state index contributed by atoms with van der Waals surface area (Å²) in [5, 5.41) is 8.77. The summed E-state index contributed by atoms with van der Waals surface area (Å²) in [7, 11) is 0. The van der Waals surface area contributed by atoms with Crippen molar-refractivity contribution in [2.24, 2.45) is 16.5 Å². The van der Waals surface area contributed by atoms with Gasteiger partial charge in [-0.2, -0.15) is 0 Å². The highest BCUT2D eigenvalue weighted by Gasteiger charge is 2.08. The molecule has 5 N–H and O–H groups in total. The quantitative estimate of drug-likeness (QED) is 0.503. The van der Waals surface area contributed by atoms with Crippen molar-refractivity contribution in [1.82, 2.24) is 0 Å². The summed E-state index contributed by atoms with van der Waals surface area (Å²) in [5.41, 5.74) is 10.7. The molecule has 0 atom stereocenters. The molecule has 0 aliphatic carbocycles. The standard InChI is InChI=1S/C8H8ClN3O2/c9-6-3-4(12-8(10)11)1-2-5(6)7(13)14/h1-3H,(H,13,14)(H4,10,11,12). The number of nitrogens with zero attached hydrogens (tertiary/aromatic N) is 1. The molecule has 0 radical (unpaired) electrons. The second-order valence-corrected chi connectivity index (χ2v) is 2.91. The van der Waals surface area contributed by atoms with Gasteiger partial charge in [-0.1, -0.05) is 11.6 Å². The summed E-state index contributed by atoms with van der Waals surface area (Å²) in [6.07, 6.45) is 0. The van der Waals surface area contributed by atoms with Gasteiger partial charge in [-0.05, 0) is 18.2 Å². The monoisotopic (exact) mass is 213 g/mol. The molecule has 1 rings (SSSR count). The fraction of sp³-hybridized carbons (Fsp3) is 0. The van der Waals surface area contributed by atoms with Gasteiger partial charge in [0, 0.05) is 0 Å². The highest BCUT2D eigenvalue weighted by molar-refractivity contribution is 6.33. The zero-order valence-corrected chi connectivity index (χ0v) is 7.82. The van der Waals surface area contributed by atoms with E-state index in [-0.39, 0.29) is 16.5 Å². The molecule has 0 amide bonds. The van der Waals surface area contributed by atoms with Crippen LogP contribution in [0.3, 0.4) is 0 Å². The van der Waals surface area contributed by atoms with Gasteiger partial charge in [0.1, 0.15) is 0 Å². The third kappa shape index (κ3) is 2.37. The van der Waals surface area contributed by atoms with E-state index >= 15 is 0 Å². The Hall–Kier alpha value is -1.75. The molecule has 0 saturated heterocycles. The van der Waals surface area contributed by atoms with E-state index in [4.69, 9.17) is 28.2 Å². The number of nitrogens with two attached hydrogens (primary N) is 2. The third-order valence-electron chi connectivity index (χ3n) is 1.44. The van der Waals surface area contributed by atoms with E-state index in [1.165, 1.54) is 18.2 Å². The van der Waals surface area contributed by atoms with Crippen LogP contribution in [0.2, 0.25) is 5.02 Å². The summed E-state index contributed by atoms with van der Waals surface area (Å²) in [4.78, 5) is 14.3. The Morgan fingerprint density at radius 3 is 2.50 bits per heavy atom. The van der Waals surface area contributed by atoms with Crippen LogP contribution in [0.4, 0.5) is 5.69 Å². The van der Waals surface area contributed by atoms with Crippen molar-refractivity contribution in [2.75, 3.05) is 0 Å². The molecule has 5 nitrogen and oxygen atoms in total. The first kappa shape index (κ1) is 10.3. The van der Waals surface area contributed by atoms with E-state index in [2.05, 4.69) is 4.99 Å². The maximum absolute atomic E-state index is 10.6. The van der Waals surface area contributed by atoms with Crippen molar-refractivity contribution in [3.63, 3.8) is 0 Å². The summed E-state index contributed by atoms with van der Waals surface area (Å²) < 4.78 is 0. The van der Waals surface area contributed by atoms with Crippen LogP contribution in [0.5, 0.6) is 0 Å². The summed E-state index contributed by atoms with van der Waals surface area (Å²) >= 11 is 5.68. The van der Waals surface area contributed by atoms with E-state index in [9.17, 15) is 4.79 Å². The smallest absolute Gasteiger partial charge is 0.337 e. The fourth-order valence-corrected chi connectivity index (χ4v) is 1.15. The molecule has 1 aromatic carbocycles. The molecular weight excluding hydrogens is 206 g/mol. The van der Waals surface area contributed by atoms with Gasteiger partial charge in [0.15, 0.2) is 5.96 Å². The molecular formula is C8H8ClN3O2. The van der Waals surface area contributed by atoms with E-state index in [0.29, 0.717) is 5.69 Å². The van der Waals surface area contributed by atoms with Crippen molar-refractivity contribution in [1.29, 1.82) is 0 Å². The van der Waals surface area contributed by atoms with Crippen molar-refractivity contribution in [2.45, 2.75) is 0 Å². The topological polar surface area (TPSA) is 102 Å². The van der Waals surface area contributed by atoms with Crippen LogP contribution in [0, 0.1) is 0 Å². The number of carboxylic acid groups (broad SMARTS) is 1. The second-order valence-electron chi connectivity index (χ2n) is 2.51. The third-order valence-corrected chi connectivity index (χ3v) is 1.75. The van der Waals surface area contributed by atoms with Crippen LogP contribution in [-0.4, -0.2) is 17.0 Å². The average molecular weight is 214 g/mol. The number of carbonyl (C=O) groups is 1. The molecule has 0 saturated carbocycles. The van der Waals surface area contributed by atoms with E-state index in [1.54, 1.807) is 0 Å². The lowest BCUT2D eigenvalue weighted by Gasteiger charge is -1.99. The number of hydrogen-bond acceptors (Lipinski definition) is 2. The lowest BCUT2D eigenvalue weighted by atomic mass is 10.2. The number of rotatable bonds is 2. The zero-order chi connectivity index (χ0) is 10.7. The highest BCUT2D eigenvalue weighted by Crippen LogP contribution is 2.22. The van der Waals surface area contributed by atoms with Gasteiger partial charge in [-0.25, -0.2) is 9.79 Å². The predicted octanol–water partition coefficient (Wildman–Crippen LogP) is 0.943. The molecule has 0 unspecified atom stereocenters. The van der Waals surface area contributed by atoms with Crippen molar-refractivity contribution in [3.8, 4) is 0 Å². The first-order valence-electron chi connectivity index (χ1n) is 3.63. The van der Waals surface area contributed by atoms with Crippen LogP contribution in [0.1, 0.15) is 10.4 Å². The van der Waals surface area contributed by atoms with Crippen LogP contribution in [0.15, 0.2) is 23.2 Å². The van der Waals surface area contributed by atoms with Crippen LogP contribution in [0.25, 0.3) is 0 Å². The first-order chi connectivity index (χ1) is 6.50. The molecule has 0 aromatic heterocycles. The predicted molar refractivity (Wildman–Crippen MR) is 53.9 cm³/mol. The average Bonchev–Trinajstić information content (AvgIpc) is 2.01. The van der Waals surface area contributed by atoms with Crippen LogP contribution < -0.4 is 11.5 Å². The Balaban J connectivity index is 3.13. The minimum atomic E-state index is -1.09. The van der Waals surface area contributed by atoms with E-state index < -0.39 is 5.97 Å². The van der Waals surface area contributed by atoms with Gasteiger partial charge in [-0.15, -0.1) is 0 Å². The van der Waals surface area contributed by atoms with E-state index in [1.807, 2.05) is 0 Å². The van der Waals surface area contributed by atoms with Gasteiger partial charge in [0.2, 0.25) is 0 Å². The molecule has 0 heterocycles. The number of aliphatic imine (C=N–C) groups is 1. The minimum absolute atomic E-state index is 0.0150. The summed E-state index contributed by atoms with van der Waals surface area (Å²) in [6, 6.07) is 4.19. The molecule has 0 spiro atoms. The van der Waals surface area contributed by atoms with Gasteiger partial charge in [-0.3, -0.25) is 0 Å². The lowest BCUT2D eigenvalue weighted by Crippen LogP contribution is -2.21. The maximum atomic E-state index is 10.6. The summed E-state index contributed by atoms with van der Waals surface area (Å²) in [5.74, 6) is -1.20. The molecule has 0 aliphatic rings. The molecule has 14 heavy (non-hydrogen) atoms. The number of guanidine groups is 1. The number of benzene rings is 1. The number of aromatic carboxylic acids is 1. The van der Waals surface area contributed by atoms with Crippen LogP contribution in [-0.2, 0) is 0 Å². The molecule has 0 bridgehead atoms. The minimum Gasteiger partial charge on any atom is -0.478 e. The molecule has 6 heteroatoms. The maximum Gasteiger partial charge on any atom is 0.337 e. The first-order valence-corrected chi connectivity index (χ1v) is 4.01. The summed E-state index contributed by atoms with van der Waals surface area (Å²) in [6.45, 7) is 0. The molecule has 0 aliphatic heterocycles. The van der Waals surface area contributed by atoms with Gasteiger partial charge in [0.05, 0.1) is 16.3 Å². The highest BCUT2D eigenvalue weighted by atomic mass is 35.5. The van der Waals surface area contributed by atoms with Crippen molar-refractivity contribution >= 4 is 29.2 Å². The Morgan fingerprint density at radius 2 is 2.07 bits per heavy atom. The second kappa shape index (κ2) is 3.97. The zero-order valence-electron chi connectivity index (χ0n) is 7.07. The van der Waals surface area contributed by atoms with Crippen molar-refractivity contribution in [3.05, 3.63) is 28.8 Å². The SMILES string of the molecule is NC(N)=Nc1ccc(C(=O)O)c(Cl)c1. The number of hydrogen-bond donors (Lipinski definition) is 3. The Bertz CT molecular complexity index is 400. The molecule has 0 fully saturated rings. The number of carboxylic acids is 1. The number of halogens is 1. The lowest BCUT2D eigenvalue weighted by molar-refractivity contribution is 0.0697. The molecule has 74 valence electrons. The van der Waals surface area contributed by atoms with E-state index in [0.717, 1.165) is 0 Å². The molecule has 1 aromatic rings. The Labute approximate surface area is 85.0 Å². The van der Waals surface area contributed by atoms with Crippen LogP contribution >= 0.6 is 11.6 Å². The van der Waals surface area contributed by atoms with Gasteiger partial charge >= 0.3 is 5.97 Å². The van der Waals surface area contributed by atoms with Gasteiger partial charge in [0.25, 0.3) is 0 Å². The van der Waals surface area contributed by atoms with Gasteiger partial charge < -0.3 is 16.6 Å². The Morgan fingerprint density at radius 1 is 1.43 bits per heavy atom. The fourth-order valence-electron chi connectivity index (χ4n) is 0.896. The van der Waals surface area contributed by atoms with Crippen molar-refractivity contribution < 1.29 is 9.90 Å². The Kier molecular flexibility index (Phi) is 2.93. The normalized spacial score (nSPS) is 9.50. The largest absolute Gasteiger partial charge is 0.478 e.